The summed E-state index contributed by atoms with van der Waals surface area (Å²) in [6, 6.07) is 15.4. The van der Waals surface area contributed by atoms with Gasteiger partial charge < -0.3 is 15.5 Å². The standard InChI is InChI=1S/C20H25N3O2/c1-4-19(24)22-16-10-11-18(23(2)3)17(14-16)20(25)21-13-12-15-8-6-5-7-9-15/h5-11,14H,4,12-13H2,1-3H3,(H,21,25)(H,22,24). The van der Waals surface area contributed by atoms with E-state index in [9.17, 15) is 9.59 Å². The normalized spacial score (nSPS) is 10.2. The van der Waals surface area contributed by atoms with Crippen molar-refractivity contribution in [2.45, 2.75) is 19.8 Å². The van der Waals surface area contributed by atoms with Crippen LogP contribution in [0.5, 0.6) is 0 Å². The topological polar surface area (TPSA) is 61.4 Å². The largest absolute Gasteiger partial charge is 0.377 e. The lowest BCUT2D eigenvalue weighted by molar-refractivity contribution is -0.115. The average molecular weight is 339 g/mol. The molecule has 0 bridgehead atoms. The van der Waals surface area contributed by atoms with E-state index in [1.165, 1.54) is 5.56 Å². The van der Waals surface area contributed by atoms with E-state index < -0.39 is 0 Å². The molecule has 5 heteroatoms. The van der Waals surface area contributed by atoms with Crippen LogP contribution in [0.25, 0.3) is 0 Å². The monoisotopic (exact) mass is 339 g/mol. The number of hydrogen-bond acceptors (Lipinski definition) is 3. The SMILES string of the molecule is CCC(=O)Nc1ccc(N(C)C)c(C(=O)NCCc2ccccc2)c1. The fraction of sp³-hybridized carbons (Fsp3) is 0.300. The second-order valence-electron chi connectivity index (χ2n) is 6.02. The molecule has 0 unspecified atom stereocenters. The summed E-state index contributed by atoms with van der Waals surface area (Å²) in [7, 11) is 3.78. The highest BCUT2D eigenvalue weighted by Crippen LogP contribution is 2.23. The van der Waals surface area contributed by atoms with Crippen LogP contribution in [0.3, 0.4) is 0 Å². The van der Waals surface area contributed by atoms with Gasteiger partial charge in [-0.1, -0.05) is 37.3 Å². The zero-order chi connectivity index (χ0) is 18.2. The Bertz CT molecular complexity index is 727. The Morgan fingerprint density at radius 1 is 1.04 bits per heavy atom. The van der Waals surface area contributed by atoms with Crippen molar-refractivity contribution in [2.24, 2.45) is 0 Å². The van der Waals surface area contributed by atoms with Gasteiger partial charge in [0.15, 0.2) is 0 Å². The van der Waals surface area contributed by atoms with Crippen LogP contribution in [0, 0.1) is 0 Å². The molecule has 0 aliphatic rings. The number of hydrogen-bond donors (Lipinski definition) is 2. The Morgan fingerprint density at radius 3 is 2.40 bits per heavy atom. The number of rotatable bonds is 7. The van der Waals surface area contributed by atoms with Crippen LogP contribution >= 0.6 is 0 Å². The van der Waals surface area contributed by atoms with Crippen LogP contribution < -0.4 is 15.5 Å². The molecule has 2 N–H and O–H groups in total. The molecule has 0 saturated heterocycles. The summed E-state index contributed by atoms with van der Waals surface area (Å²) < 4.78 is 0. The van der Waals surface area contributed by atoms with Crippen molar-refractivity contribution in [3.63, 3.8) is 0 Å². The zero-order valence-electron chi connectivity index (χ0n) is 15.0. The van der Waals surface area contributed by atoms with Gasteiger partial charge >= 0.3 is 0 Å². The first kappa shape index (κ1) is 18.5. The average Bonchev–Trinajstić information content (AvgIpc) is 2.62. The zero-order valence-corrected chi connectivity index (χ0v) is 15.0. The van der Waals surface area contributed by atoms with Crippen LogP contribution in [0.1, 0.15) is 29.3 Å². The minimum atomic E-state index is -0.146. The van der Waals surface area contributed by atoms with Gasteiger partial charge in [-0.3, -0.25) is 9.59 Å². The molecule has 5 nitrogen and oxygen atoms in total. The molecule has 0 spiro atoms. The molecular weight excluding hydrogens is 314 g/mol. The van der Waals surface area contributed by atoms with E-state index in [2.05, 4.69) is 10.6 Å². The van der Waals surface area contributed by atoms with Gasteiger partial charge in [-0.15, -0.1) is 0 Å². The van der Waals surface area contributed by atoms with Crippen LogP contribution in [0.15, 0.2) is 48.5 Å². The first-order chi connectivity index (χ1) is 12.0. The van der Waals surface area contributed by atoms with Gasteiger partial charge in [-0.2, -0.15) is 0 Å². The quantitative estimate of drug-likeness (QED) is 0.815. The Balaban J connectivity index is 2.09. The summed E-state index contributed by atoms with van der Waals surface area (Å²) in [5.41, 5.74) is 3.17. The summed E-state index contributed by atoms with van der Waals surface area (Å²) in [6.07, 6.45) is 1.17. The third kappa shape index (κ3) is 5.35. The van der Waals surface area contributed by atoms with Gasteiger partial charge in [0, 0.05) is 38.4 Å². The van der Waals surface area contributed by atoms with Crippen molar-refractivity contribution < 1.29 is 9.59 Å². The second-order valence-corrected chi connectivity index (χ2v) is 6.02. The van der Waals surface area contributed by atoms with Gasteiger partial charge in [-0.25, -0.2) is 0 Å². The van der Waals surface area contributed by atoms with Crippen LogP contribution in [0.2, 0.25) is 0 Å². The second kappa shape index (κ2) is 8.87. The van der Waals surface area contributed by atoms with Crippen LogP contribution in [0.4, 0.5) is 11.4 Å². The van der Waals surface area contributed by atoms with E-state index in [1.807, 2.05) is 61.5 Å². The Morgan fingerprint density at radius 2 is 1.76 bits per heavy atom. The third-order valence-electron chi connectivity index (χ3n) is 3.87. The Labute approximate surface area is 149 Å². The van der Waals surface area contributed by atoms with Crippen molar-refractivity contribution in [1.29, 1.82) is 0 Å². The smallest absolute Gasteiger partial charge is 0.253 e. The first-order valence-corrected chi connectivity index (χ1v) is 8.44. The van der Waals surface area contributed by atoms with E-state index in [0.717, 1.165) is 12.1 Å². The van der Waals surface area contributed by atoms with Gasteiger partial charge in [0.2, 0.25) is 5.91 Å². The van der Waals surface area contributed by atoms with Gasteiger partial charge in [0.25, 0.3) is 5.91 Å². The minimum Gasteiger partial charge on any atom is -0.377 e. The van der Waals surface area contributed by atoms with E-state index in [-0.39, 0.29) is 11.8 Å². The molecule has 0 aliphatic heterocycles. The number of amides is 2. The molecule has 2 aromatic carbocycles. The summed E-state index contributed by atoms with van der Waals surface area (Å²) >= 11 is 0. The fourth-order valence-electron chi connectivity index (χ4n) is 2.50. The van der Waals surface area contributed by atoms with Crippen molar-refractivity contribution >= 4 is 23.2 Å². The molecule has 0 fully saturated rings. The van der Waals surface area contributed by atoms with Crippen LogP contribution in [-0.4, -0.2) is 32.5 Å². The van der Waals surface area contributed by atoms with Gasteiger partial charge in [-0.05, 0) is 30.2 Å². The molecule has 0 heterocycles. The lowest BCUT2D eigenvalue weighted by atomic mass is 10.1. The molecule has 0 radical (unpaired) electrons. The number of benzene rings is 2. The number of nitrogens with zero attached hydrogens (tertiary/aromatic N) is 1. The third-order valence-corrected chi connectivity index (χ3v) is 3.87. The number of carbonyl (C=O) groups is 2. The van der Waals surface area contributed by atoms with E-state index in [4.69, 9.17) is 0 Å². The maximum atomic E-state index is 12.6. The maximum Gasteiger partial charge on any atom is 0.253 e. The molecule has 25 heavy (non-hydrogen) atoms. The first-order valence-electron chi connectivity index (χ1n) is 8.44. The van der Waals surface area contributed by atoms with Crippen molar-refractivity contribution in [1.82, 2.24) is 5.32 Å². The highest BCUT2D eigenvalue weighted by molar-refractivity contribution is 6.02. The molecule has 132 valence electrons. The van der Waals surface area contributed by atoms with Crippen molar-refractivity contribution in [3.05, 3.63) is 59.7 Å². The lowest BCUT2D eigenvalue weighted by Crippen LogP contribution is -2.28. The maximum absolute atomic E-state index is 12.6. The number of carbonyl (C=O) groups excluding carboxylic acids is 2. The molecule has 0 atom stereocenters. The van der Waals surface area contributed by atoms with Gasteiger partial charge in [0.1, 0.15) is 0 Å². The van der Waals surface area contributed by atoms with E-state index in [1.54, 1.807) is 13.0 Å². The summed E-state index contributed by atoms with van der Waals surface area (Å²) in [5, 5.41) is 5.76. The predicted octanol–water partition coefficient (Wildman–Crippen LogP) is 3.07. The van der Waals surface area contributed by atoms with Crippen LogP contribution in [-0.2, 0) is 11.2 Å². The molecule has 0 aliphatic carbocycles. The number of nitrogens with one attached hydrogen (secondary N) is 2. The fourth-order valence-corrected chi connectivity index (χ4v) is 2.50. The highest BCUT2D eigenvalue weighted by Gasteiger charge is 2.14. The molecule has 2 rings (SSSR count). The predicted molar refractivity (Wildman–Crippen MR) is 102 cm³/mol. The Kier molecular flexibility index (Phi) is 6.57. The minimum absolute atomic E-state index is 0.0759. The highest BCUT2D eigenvalue weighted by atomic mass is 16.2. The molecular formula is C20H25N3O2. The molecule has 2 amide bonds. The Hall–Kier alpha value is -2.82. The number of anilines is 2. The lowest BCUT2D eigenvalue weighted by Gasteiger charge is -2.18. The van der Waals surface area contributed by atoms with Crippen molar-refractivity contribution in [3.8, 4) is 0 Å². The molecule has 0 saturated carbocycles. The van der Waals surface area contributed by atoms with Crippen molar-refractivity contribution in [2.75, 3.05) is 30.9 Å². The molecule has 2 aromatic rings. The summed E-state index contributed by atoms with van der Waals surface area (Å²) in [6.45, 7) is 2.35. The van der Waals surface area contributed by atoms with Gasteiger partial charge in [0.05, 0.1) is 5.56 Å². The molecule has 0 aromatic heterocycles. The summed E-state index contributed by atoms with van der Waals surface area (Å²) in [4.78, 5) is 26.1. The van der Waals surface area contributed by atoms with E-state index >= 15 is 0 Å². The summed E-state index contributed by atoms with van der Waals surface area (Å²) in [5.74, 6) is -0.222. The van der Waals surface area contributed by atoms with E-state index in [0.29, 0.717) is 24.2 Å².